The molecule has 0 atom stereocenters. The number of allylic oxidation sites excluding steroid dienone is 2. The van der Waals surface area contributed by atoms with Gasteiger partial charge in [0.15, 0.2) is 0 Å². The molecule has 168 valence electrons. The zero-order valence-corrected chi connectivity index (χ0v) is 18.8. The number of aromatic nitrogens is 2. The molecule has 5 rings (SSSR count). The number of fused-ring (bicyclic) bond motifs is 1. The molecule has 34 heavy (non-hydrogen) atoms. The molecular weight excluding hydrogens is 428 g/mol. The molecular formula is C27H22N4O3. The number of carbonyl (C=O) groups is 1. The summed E-state index contributed by atoms with van der Waals surface area (Å²) in [6.07, 6.45) is 0.539. The molecule has 0 fully saturated rings. The van der Waals surface area contributed by atoms with Crippen LogP contribution in [-0.2, 0) is 6.42 Å². The average molecular weight is 450 g/mol. The van der Waals surface area contributed by atoms with Crippen molar-refractivity contribution in [1.29, 1.82) is 0 Å². The summed E-state index contributed by atoms with van der Waals surface area (Å²) in [6, 6.07) is 24.5. The first kappa shape index (κ1) is 21.3. The quantitative estimate of drug-likeness (QED) is 0.305. The third-order valence-corrected chi connectivity index (χ3v) is 6.11. The molecule has 2 heterocycles. The molecule has 0 saturated heterocycles. The van der Waals surface area contributed by atoms with E-state index in [2.05, 4.69) is 5.32 Å². The van der Waals surface area contributed by atoms with Gasteiger partial charge < -0.3 is 5.32 Å². The molecule has 1 aromatic heterocycles. The fraction of sp³-hybridized carbons (Fsp3) is 0.111. The number of nitrogens with one attached hydrogen (secondary N) is 1. The van der Waals surface area contributed by atoms with Gasteiger partial charge in [-0.15, -0.1) is 0 Å². The van der Waals surface area contributed by atoms with Crippen molar-refractivity contribution in [3.8, 4) is 22.4 Å². The van der Waals surface area contributed by atoms with Crippen LogP contribution in [0.25, 0.3) is 28.0 Å². The van der Waals surface area contributed by atoms with E-state index >= 15 is 0 Å². The highest BCUT2D eigenvalue weighted by atomic mass is 16.6. The number of anilines is 1. The molecule has 1 aliphatic rings. The van der Waals surface area contributed by atoms with Crippen LogP contribution in [0.5, 0.6) is 0 Å². The average Bonchev–Trinajstić information content (AvgIpc) is 3.24. The van der Waals surface area contributed by atoms with E-state index in [9.17, 15) is 14.9 Å². The van der Waals surface area contributed by atoms with Gasteiger partial charge in [0.25, 0.3) is 11.6 Å². The Morgan fingerprint density at radius 2 is 1.59 bits per heavy atom. The Bertz CT molecular complexity index is 1450. The minimum Gasteiger partial charge on any atom is -0.383 e. The largest absolute Gasteiger partial charge is 0.383 e. The van der Waals surface area contributed by atoms with Crippen LogP contribution in [0, 0.1) is 10.1 Å². The summed E-state index contributed by atoms with van der Waals surface area (Å²) in [5.41, 5.74) is 6.82. The van der Waals surface area contributed by atoms with E-state index < -0.39 is 4.92 Å². The molecule has 0 unspecified atom stereocenters. The van der Waals surface area contributed by atoms with Gasteiger partial charge in [0.2, 0.25) is 0 Å². The Kier molecular flexibility index (Phi) is 5.30. The second kappa shape index (κ2) is 8.44. The summed E-state index contributed by atoms with van der Waals surface area (Å²) in [5.74, 6) is -0.242. The molecule has 0 amide bonds. The molecule has 0 radical (unpaired) electrons. The second-order valence-electron chi connectivity index (χ2n) is 8.19. The molecule has 3 aromatic carbocycles. The van der Waals surface area contributed by atoms with Crippen molar-refractivity contribution < 1.29 is 9.72 Å². The van der Waals surface area contributed by atoms with Crippen LogP contribution in [0.2, 0.25) is 0 Å². The van der Waals surface area contributed by atoms with E-state index in [-0.39, 0.29) is 11.6 Å². The van der Waals surface area contributed by atoms with Gasteiger partial charge in [-0.25, -0.2) is 0 Å². The first-order chi connectivity index (χ1) is 16.5. The number of nitrogens with zero attached hydrogens (tertiary/aromatic N) is 3. The summed E-state index contributed by atoms with van der Waals surface area (Å²) < 4.78 is 1.49. The van der Waals surface area contributed by atoms with Crippen LogP contribution in [0.3, 0.4) is 0 Å². The van der Waals surface area contributed by atoms with Gasteiger partial charge >= 0.3 is 0 Å². The molecule has 1 N–H and O–H groups in total. The Morgan fingerprint density at radius 1 is 0.941 bits per heavy atom. The Hall–Kier alpha value is -4.52. The molecule has 1 aliphatic heterocycles. The van der Waals surface area contributed by atoms with E-state index in [0.717, 1.165) is 33.7 Å². The monoisotopic (exact) mass is 450 g/mol. The van der Waals surface area contributed by atoms with Gasteiger partial charge in [-0.3, -0.25) is 14.9 Å². The smallest absolute Gasteiger partial charge is 0.292 e. The van der Waals surface area contributed by atoms with Crippen molar-refractivity contribution in [1.82, 2.24) is 9.78 Å². The van der Waals surface area contributed by atoms with Crippen molar-refractivity contribution in [3.05, 3.63) is 106 Å². The van der Waals surface area contributed by atoms with Gasteiger partial charge in [0, 0.05) is 36.2 Å². The number of nitro benzene ring substituents is 1. The third-order valence-electron chi connectivity index (χ3n) is 6.11. The number of benzene rings is 3. The maximum absolute atomic E-state index is 13.8. The molecule has 4 aromatic rings. The molecule has 7 nitrogen and oxygen atoms in total. The summed E-state index contributed by atoms with van der Waals surface area (Å²) in [7, 11) is 1.62. The predicted molar refractivity (Wildman–Crippen MR) is 133 cm³/mol. The van der Waals surface area contributed by atoms with Crippen molar-refractivity contribution in [3.63, 3.8) is 0 Å². The Balaban J connectivity index is 1.68. The van der Waals surface area contributed by atoms with Gasteiger partial charge in [-0.2, -0.15) is 9.78 Å². The van der Waals surface area contributed by atoms with Crippen LogP contribution >= 0.6 is 0 Å². The van der Waals surface area contributed by atoms with E-state index in [0.29, 0.717) is 23.2 Å². The molecule has 0 saturated carbocycles. The molecule has 0 bridgehead atoms. The lowest BCUT2D eigenvalue weighted by molar-refractivity contribution is -0.383. The zero-order valence-electron chi connectivity index (χ0n) is 18.8. The van der Waals surface area contributed by atoms with Crippen LogP contribution in [0.4, 0.5) is 11.4 Å². The van der Waals surface area contributed by atoms with Gasteiger partial charge in [0.1, 0.15) is 11.4 Å². The highest BCUT2D eigenvalue weighted by Gasteiger charge is 2.32. The van der Waals surface area contributed by atoms with E-state index in [1.165, 1.54) is 10.7 Å². The topological polar surface area (TPSA) is 90.1 Å². The van der Waals surface area contributed by atoms with E-state index in [1.54, 1.807) is 19.2 Å². The first-order valence-electron chi connectivity index (χ1n) is 10.9. The lowest BCUT2D eigenvalue weighted by atomic mass is 9.90. The fourth-order valence-electron chi connectivity index (χ4n) is 4.54. The van der Waals surface area contributed by atoms with Crippen molar-refractivity contribution >= 4 is 22.9 Å². The minimum atomic E-state index is -0.441. The van der Waals surface area contributed by atoms with Crippen molar-refractivity contribution in [2.75, 3.05) is 12.4 Å². The van der Waals surface area contributed by atoms with Gasteiger partial charge in [-0.05, 0) is 30.2 Å². The van der Waals surface area contributed by atoms with Crippen LogP contribution in [0.1, 0.15) is 23.0 Å². The third kappa shape index (κ3) is 3.47. The van der Waals surface area contributed by atoms with Gasteiger partial charge in [0.05, 0.1) is 10.6 Å². The lowest BCUT2D eigenvalue weighted by Gasteiger charge is -2.20. The van der Waals surface area contributed by atoms with Crippen molar-refractivity contribution in [2.24, 2.45) is 0 Å². The van der Waals surface area contributed by atoms with Crippen LogP contribution < -0.4 is 5.32 Å². The predicted octanol–water partition coefficient (Wildman–Crippen LogP) is 5.84. The van der Waals surface area contributed by atoms with Crippen molar-refractivity contribution in [2.45, 2.75) is 13.3 Å². The molecule has 0 aliphatic carbocycles. The summed E-state index contributed by atoms with van der Waals surface area (Å²) in [4.78, 5) is 24.7. The summed E-state index contributed by atoms with van der Waals surface area (Å²) in [6.45, 7) is 1.93. The van der Waals surface area contributed by atoms with E-state index in [4.69, 9.17) is 5.10 Å². The highest BCUT2D eigenvalue weighted by molar-refractivity contribution is 6.23. The van der Waals surface area contributed by atoms with Crippen LogP contribution in [0.15, 0.2) is 84.4 Å². The highest BCUT2D eigenvalue weighted by Crippen LogP contribution is 2.40. The number of hydrogen-bond acceptors (Lipinski definition) is 5. The Labute approximate surface area is 196 Å². The number of rotatable bonds is 5. The molecule has 7 heteroatoms. The van der Waals surface area contributed by atoms with E-state index in [1.807, 2.05) is 67.6 Å². The number of nitro groups is 1. The standard InChI is InChI=1S/C27H22N4O3/c1-17-15-23-25(18-9-5-3-6-10-18)26(19-11-7-4-8-12-19)29-30(23)27(32)24(17)20-13-14-22(31(33)34)21(16-20)28-2/h3-14,16,28H,15H2,1-2H3. The fourth-order valence-corrected chi connectivity index (χ4v) is 4.54. The van der Waals surface area contributed by atoms with Crippen LogP contribution in [-0.4, -0.2) is 27.7 Å². The van der Waals surface area contributed by atoms with Gasteiger partial charge in [-0.1, -0.05) is 66.2 Å². The second-order valence-corrected chi connectivity index (χ2v) is 8.19. The normalized spacial score (nSPS) is 13.1. The maximum Gasteiger partial charge on any atom is 0.292 e. The summed E-state index contributed by atoms with van der Waals surface area (Å²) in [5, 5.41) is 19.0. The Morgan fingerprint density at radius 3 is 2.21 bits per heavy atom. The number of hydrogen-bond donors (Lipinski definition) is 1. The lowest BCUT2D eigenvalue weighted by Crippen LogP contribution is -2.23. The molecule has 0 spiro atoms. The minimum absolute atomic E-state index is 0.0368. The SMILES string of the molecule is CNc1cc(C2=C(C)Cc3c(-c4ccccc4)c(-c4ccccc4)nn3C2=O)ccc1[N+](=O)[O-]. The number of carbonyl (C=O) groups excluding carboxylic acids is 1. The first-order valence-corrected chi connectivity index (χ1v) is 10.9. The maximum atomic E-state index is 13.8. The summed E-state index contributed by atoms with van der Waals surface area (Å²) >= 11 is 0. The zero-order chi connectivity index (χ0) is 23.8.